The number of fused-ring (bicyclic) bond motifs is 2. The number of rotatable bonds is 3. The molecule has 1 saturated carbocycles. The number of hydrogen-bond donors (Lipinski definition) is 0. The van der Waals surface area contributed by atoms with Gasteiger partial charge in [0.1, 0.15) is 5.82 Å². The Hall–Kier alpha value is -1.72. The Kier molecular flexibility index (Phi) is 3.73. The van der Waals surface area contributed by atoms with Crippen LogP contribution in [0.3, 0.4) is 0 Å². The van der Waals surface area contributed by atoms with Gasteiger partial charge in [0.15, 0.2) is 0 Å². The van der Waals surface area contributed by atoms with E-state index in [0.717, 1.165) is 62.2 Å². The summed E-state index contributed by atoms with van der Waals surface area (Å²) in [5.41, 5.74) is 2.78. The highest BCUT2D eigenvalue weighted by Crippen LogP contribution is 2.63. The van der Waals surface area contributed by atoms with Crippen LogP contribution in [0.1, 0.15) is 20.3 Å². The first kappa shape index (κ1) is 16.5. The molecular formula is C21H28N4O. The van der Waals surface area contributed by atoms with Crippen LogP contribution in [-0.4, -0.2) is 60.8 Å². The zero-order chi connectivity index (χ0) is 17.8. The lowest BCUT2D eigenvalue weighted by atomic mass is 9.48. The van der Waals surface area contributed by atoms with Crippen LogP contribution in [-0.2, 0) is 4.74 Å². The summed E-state index contributed by atoms with van der Waals surface area (Å²) >= 11 is 0. The summed E-state index contributed by atoms with van der Waals surface area (Å²) < 4.78 is 5.54. The molecule has 2 atom stereocenters. The molecule has 0 spiro atoms. The summed E-state index contributed by atoms with van der Waals surface area (Å²) in [4.78, 5) is 14.6. The maximum absolute atomic E-state index is 5.54. The number of ether oxygens (including phenoxy) is 1. The van der Waals surface area contributed by atoms with Crippen molar-refractivity contribution in [2.75, 3.05) is 50.8 Å². The highest BCUT2D eigenvalue weighted by atomic mass is 16.5. The zero-order valence-corrected chi connectivity index (χ0v) is 15.8. The molecule has 2 aromatic rings. The second kappa shape index (κ2) is 5.89. The van der Waals surface area contributed by atoms with Gasteiger partial charge in [-0.25, -0.2) is 4.98 Å². The second-order valence-electron chi connectivity index (χ2n) is 9.07. The molecule has 26 heavy (non-hydrogen) atoms. The van der Waals surface area contributed by atoms with Crippen molar-refractivity contribution in [2.24, 2.45) is 16.7 Å². The fourth-order valence-electron chi connectivity index (χ4n) is 5.82. The monoisotopic (exact) mass is 352 g/mol. The Labute approximate surface area is 155 Å². The van der Waals surface area contributed by atoms with Crippen LogP contribution < -0.4 is 4.90 Å². The van der Waals surface area contributed by atoms with Crippen molar-refractivity contribution in [1.29, 1.82) is 0 Å². The molecule has 138 valence electrons. The van der Waals surface area contributed by atoms with Crippen LogP contribution >= 0.6 is 0 Å². The number of nitrogens with zero attached hydrogens (tertiary/aromatic N) is 4. The minimum absolute atomic E-state index is 0.397. The second-order valence-corrected chi connectivity index (χ2v) is 9.07. The lowest BCUT2D eigenvalue weighted by molar-refractivity contribution is -0.0963. The molecule has 3 fully saturated rings. The SMILES string of the molecule is CC1(C)C[C@]2(CN3CCOCC3)CN(c3cnc4ccccc4n3)C[C@H]12. The number of morpholine rings is 1. The predicted molar refractivity (Wildman–Crippen MR) is 103 cm³/mol. The van der Waals surface area contributed by atoms with Gasteiger partial charge in [0.05, 0.1) is 30.4 Å². The van der Waals surface area contributed by atoms with Gasteiger partial charge in [0.2, 0.25) is 0 Å². The molecule has 0 N–H and O–H groups in total. The number of aromatic nitrogens is 2. The van der Waals surface area contributed by atoms with Crippen molar-refractivity contribution in [3.8, 4) is 0 Å². The van der Waals surface area contributed by atoms with Gasteiger partial charge in [-0.3, -0.25) is 9.88 Å². The van der Waals surface area contributed by atoms with E-state index in [0.29, 0.717) is 10.8 Å². The van der Waals surface area contributed by atoms with Gasteiger partial charge in [-0.05, 0) is 29.9 Å². The van der Waals surface area contributed by atoms with E-state index >= 15 is 0 Å². The third-order valence-electron chi connectivity index (χ3n) is 6.80. The number of anilines is 1. The Morgan fingerprint density at radius 2 is 1.92 bits per heavy atom. The highest BCUT2D eigenvalue weighted by Gasteiger charge is 2.63. The molecule has 3 heterocycles. The van der Waals surface area contributed by atoms with Crippen molar-refractivity contribution >= 4 is 16.9 Å². The number of benzene rings is 1. The highest BCUT2D eigenvalue weighted by molar-refractivity contribution is 5.75. The van der Waals surface area contributed by atoms with Gasteiger partial charge in [-0.2, -0.15) is 0 Å². The normalized spacial score (nSPS) is 31.0. The number of para-hydroxylation sites is 2. The maximum Gasteiger partial charge on any atom is 0.147 e. The van der Waals surface area contributed by atoms with Crippen LogP contribution in [0.25, 0.3) is 11.0 Å². The van der Waals surface area contributed by atoms with Crippen LogP contribution in [0.15, 0.2) is 30.5 Å². The Bertz CT molecular complexity index is 817. The summed E-state index contributed by atoms with van der Waals surface area (Å²) in [5.74, 6) is 1.77. The quantitative estimate of drug-likeness (QED) is 0.850. The summed E-state index contributed by atoms with van der Waals surface area (Å²) in [6.45, 7) is 12.2. The first-order valence-electron chi connectivity index (χ1n) is 9.83. The molecule has 5 heteroatoms. The van der Waals surface area contributed by atoms with E-state index in [-0.39, 0.29) is 0 Å². The number of hydrogen-bond acceptors (Lipinski definition) is 5. The molecule has 5 rings (SSSR count). The Balaban J connectivity index is 1.41. The van der Waals surface area contributed by atoms with Crippen molar-refractivity contribution in [2.45, 2.75) is 20.3 Å². The van der Waals surface area contributed by atoms with Crippen molar-refractivity contribution in [3.63, 3.8) is 0 Å². The van der Waals surface area contributed by atoms with E-state index in [1.807, 2.05) is 24.4 Å². The molecule has 0 unspecified atom stereocenters. The van der Waals surface area contributed by atoms with Gasteiger partial charge < -0.3 is 9.64 Å². The average molecular weight is 352 g/mol. The standard InChI is InChI=1S/C21H28N4O/c1-20(2)13-21(14-24-7-9-26-10-8-24)15-25(12-18(20)21)19-11-22-16-5-3-4-6-17(16)23-19/h3-6,11,18H,7-10,12-15H2,1-2H3/t18-,21+/m1/s1. The van der Waals surface area contributed by atoms with E-state index in [1.54, 1.807) is 0 Å². The van der Waals surface area contributed by atoms with Gasteiger partial charge in [0, 0.05) is 38.1 Å². The summed E-state index contributed by atoms with van der Waals surface area (Å²) in [7, 11) is 0. The average Bonchev–Trinajstić information content (AvgIpc) is 2.96. The lowest BCUT2D eigenvalue weighted by Gasteiger charge is -2.58. The largest absolute Gasteiger partial charge is 0.379 e. The van der Waals surface area contributed by atoms with E-state index in [2.05, 4.69) is 34.7 Å². The van der Waals surface area contributed by atoms with Gasteiger partial charge in [-0.1, -0.05) is 26.0 Å². The lowest BCUT2D eigenvalue weighted by Crippen LogP contribution is -2.59. The molecule has 2 aliphatic heterocycles. The molecule has 0 bridgehead atoms. The molecule has 3 aliphatic rings. The van der Waals surface area contributed by atoms with Crippen LogP contribution in [0.4, 0.5) is 5.82 Å². The first-order chi connectivity index (χ1) is 12.6. The molecule has 2 saturated heterocycles. The molecule has 0 amide bonds. The fraction of sp³-hybridized carbons (Fsp3) is 0.619. The van der Waals surface area contributed by atoms with Gasteiger partial charge in [-0.15, -0.1) is 0 Å². The Morgan fingerprint density at radius 1 is 1.15 bits per heavy atom. The Morgan fingerprint density at radius 3 is 2.69 bits per heavy atom. The zero-order valence-electron chi connectivity index (χ0n) is 15.8. The van der Waals surface area contributed by atoms with Crippen LogP contribution in [0, 0.1) is 16.7 Å². The summed E-state index contributed by atoms with van der Waals surface area (Å²) in [5, 5.41) is 0. The minimum Gasteiger partial charge on any atom is -0.379 e. The predicted octanol–water partition coefficient (Wildman–Crippen LogP) is 2.81. The maximum atomic E-state index is 5.54. The molecule has 1 aromatic heterocycles. The minimum atomic E-state index is 0.397. The third-order valence-corrected chi connectivity index (χ3v) is 6.80. The molecule has 0 radical (unpaired) electrons. The molecule has 1 aliphatic carbocycles. The molecular weight excluding hydrogens is 324 g/mol. The first-order valence-corrected chi connectivity index (χ1v) is 9.83. The van der Waals surface area contributed by atoms with Crippen molar-refractivity contribution < 1.29 is 4.74 Å². The third kappa shape index (κ3) is 2.60. The van der Waals surface area contributed by atoms with Gasteiger partial charge in [0.25, 0.3) is 0 Å². The fourth-order valence-corrected chi connectivity index (χ4v) is 5.82. The summed E-state index contributed by atoms with van der Waals surface area (Å²) in [6, 6.07) is 8.15. The van der Waals surface area contributed by atoms with Crippen molar-refractivity contribution in [3.05, 3.63) is 30.5 Å². The van der Waals surface area contributed by atoms with Crippen LogP contribution in [0.2, 0.25) is 0 Å². The smallest absolute Gasteiger partial charge is 0.147 e. The van der Waals surface area contributed by atoms with Gasteiger partial charge >= 0.3 is 0 Å². The van der Waals surface area contributed by atoms with Crippen LogP contribution in [0.5, 0.6) is 0 Å². The van der Waals surface area contributed by atoms with E-state index < -0.39 is 0 Å². The van der Waals surface area contributed by atoms with E-state index in [4.69, 9.17) is 9.72 Å². The van der Waals surface area contributed by atoms with Crippen molar-refractivity contribution in [1.82, 2.24) is 14.9 Å². The molecule has 1 aromatic carbocycles. The van der Waals surface area contributed by atoms with E-state index in [1.165, 1.54) is 13.0 Å². The topological polar surface area (TPSA) is 41.5 Å². The van der Waals surface area contributed by atoms with E-state index in [9.17, 15) is 0 Å². The summed E-state index contributed by atoms with van der Waals surface area (Å²) in [6.07, 6.45) is 3.27. The molecule has 5 nitrogen and oxygen atoms in total.